The van der Waals surface area contributed by atoms with Crippen LogP contribution in [0.2, 0.25) is 0 Å². The first kappa shape index (κ1) is 18.4. The zero-order chi connectivity index (χ0) is 20.5. The zero-order valence-corrected chi connectivity index (χ0v) is 16.8. The topological polar surface area (TPSA) is 76.8 Å². The summed E-state index contributed by atoms with van der Waals surface area (Å²) in [5.74, 6) is 1.18. The molecule has 7 nitrogen and oxygen atoms in total. The molecule has 1 fully saturated rings. The van der Waals surface area contributed by atoms with Crippen molar-refractivity contribution in [3.63, 3.8) is 0 Å². The second-order valence-electron chi connectivity index (χ2n) is 7.75. The van der Waals surface area contributed by atoms with E-state index in [0.29, 0.717) is 11.6 Å². The predicted octanol–water partition coefficient (Wildman–Crippen LogP) is 3.13. The molecule has 1 saturated heterocycles. The van der Waals surface area contributed by atoms with E-state index in [1.165, 1.54) is 0 Å². The van der Waals surface area contributed by atoms with Crippen molar-refractivity contribution < 1.29 is 4.79 Å². The molecule has 4 aromatic rings. The van der Waals surface area contributed by atoms with Gasteiger partial charge in [-0.25, -0.2) is 15.0 Å². The summed E-state index contributed by atoms with van der Waals surface area (Å²) in [4.78, 5) is 32.8. The van der Waals surface area contributed by atoms with Gasteiger partial charge in [0.2, 0.25) is 0 Å². The van der Waals surface area contributed by atoms with Gasteiger partial charge in [0.15, 0.2) is 5.82 Å². The highest BCUT2D eigenvalue weighted by atomic mass is 16.2. The molecule has 1 aliphatic rings. The minimum absolute atomic E-state index is 0.000493. The number of hydrogen-bond donors (Lipinski definition) is 0. The number of fused-ring (bicyclic) bond motifs is 1. The van der Waals surface area contributed by atoms with Crippen LogP contribution in [0.3, 0.4) is 0 Å². The number of imidazole rings is 1. The van der Waals surface area contributed by atoms with Gasteiger partial charge in [0.1, 0.15) is 11.4 Å². The Hall–Kier alpha value is -3.61. The Balaban J connectivity index is 1.24. The van der Waals surface area contributed by atoms with Gasteiger partial charge in [0.25, 0.3) is 5.91 Å². The van der Waals surface area contributed by atoms with Gasteiger partial charge in [-0.15, -0.1) is 0 Å². The molecule has 0 unspecified atom stereocenters. The smallest absolute Gasteiger partial charge is 0.272 e. The number of benzene rings is 1. The fraction of sp³-hybridized carbons (Fsp3) is 0.261. The molecular formula is C23H22N6O. The van der Waals surface area contributed by atoms with Crippen molar-refractivity contribution in [2.45, 2.75) is 12.8 Å². The van der Waals surface area contributed by atoms with Gasteiger partial charge in [0.05, 0.1) is 17.4 Å². The number of likely N-dealkylation sites (tertiary alicyclic amines) is 1. The Morgan fingerprint density at radius 1 is 1.10 bits per heavy atom. The largest absolute Gasteiger partial charge is 0.337 e. The summed E-state index contributed by atoms with van der Waals surface area (Å²) in [6.07, 6.45) is 9.00. The summed E-state index contributed by atoms with van der Waals surface area (Å²) in [5.41, 5.74) is 3.06. The number of para-hydroxylation sites is 1. The molecule has 0 bridgehead atoms. The molecule has 7 heteroatoms. The molecule has 0 N–H and O–H groups in total. The van der Waals surface area contributed by atoms with Crippen LogP contribution < -0.4 is 0 Å². The van der Waals surface area contributed by atoms with Gasteiger partial charge in [-0.3, -0.25) is 9.78 Å². The van der Waals surface area contributed by atoms with Crippen LogP contribution in [0, 0.1) is 5.92 Å². The number of carbonyl (C=O) groups is 1. The van der Waals surface area contributed by atoms with E-state index >= 15 is 0 Å². The van der Waals surface area contributed by atoms with Crippen molar-refractivity contribution in [2.24, 2.45) is 13.0 Å². The van der Waals surface area contributed by atoms with Crippen molar-refractivity contribution in [3.8, 4) is 11.5 Å². The van der Waals surface area contributed by atoms with Crippen LogP contribution in [-0.2, 0) is 13.5 Å². The number of aromatic nitrogens is 5. The maximum absolute atomic E-state index is 12.9. The molecule has 1 aromatic carbocycles. The highest BCUT2D eigenvalue weighted by molar-refractivity contribution is 5.95. The van der Waals surface area contributed by atoms with Gasteiger partial charge in [0, 0.05) is 44.1 Å². The fourth-order valence-corrected chi connectivity index (χ4v) is 4.01. The third-order valence-electron chi connectivity index (χ3n) is 5.64. The van der Waals surface area contributed by atoms with Crippen LogP contribution in [0.5, 0.6) is 0 Å². The van der Waals surface area contributed by atoms with E-state index in [1.54, 1.807) is 12.4 Å². The van der Waals surface area contributed by atoms with Crippen molar-refractivity contribution in [3.05, 3.63) is 72.6 Å². The Morgan fingerprint density at radius 2 is 2.00 bits per heavy atom. The summed E-state index contributed by atoms with van der Waals surface area (Å²) >= 11 is 0. The standard InChI is InChI=1S/C23H22N6O/c1-28-11-9-24-22(28)21-14-25-18(13-26-21)12-16-8-10-29(15-16)23(30)20-7-6-17-4-2-3-5-19(17)27-20/h2-7,9,11,13-14,16H,8,10,12,15H2,1H3/t16-/m1/s1. The van der Waals surface area contributed by atoms with Crippen LogP contribution in [0.1, 0.15) is 22.6 Å². The molecular weight excluding hydrogens is 376 g/mol. The average Bonchev–Trinajstić information content (AvgIpc) is 3.42. The SMILES string of the molecule is Cn1ccnc1-c1cnc(C[C@H]2CCN(C(=O)c3ccc4ccccc4n3)C2)cn1. The Morgan fingerprint density at radius 3 is 2.80 bits per heavy atom. The second-order valence-corrected chi connectivity index (χ2v) is 7.75. The molecule has 0 saturated carbocycles. The predicted molar refractivity (Wildman–Crippen MR) is 114 cm³/mol. The van der Waals surface area contributed by atoms with Crippen LogP contribution >= 0.6 is 0 Å². The lowest BCUT2D eigenvalue weighted by atomic mass is 10.0. The number of aryl methyl sites for hydroxylation is 1. The number of hydrogen-bond acceptors (Lipinski definition) is 5. The lowest BCUT2D eigenvalue weighted by Crippen LogP contribution is -2.29. The summed E-state index contributed by atoms with van der Waals surface area (Å²) in [6.45, 7) is 1.47. The van der Waals surface area contributed by atoms with Gasteiger partial charge in [-0.05, 0) is 30.9 Å². The maximum atomic E-state index is 12.9. The first-order valence-electron chi connectivity index (χ1n) is 10.1. The molecule has 30 heavy (non-hydrogen) atoms. The van der Waals surface area contributed by atoms with E-state index in [-0.39, 0.29) is 5.91 Å². The van der Waals surface area contributed by atoms with Crippen LogP contribution in [-0.4, -0.2) is 48.4 Å². The fourth-order valence-electron chi connectivity index (χ4n) is 4.01. The average molecular weight is 398 g/mol. The quantitative estimate of drug-likeness (QED) is 0.528. The monoisotopic (exact) mass is 398 g/mol. The van der Waals surface area contributed by atoms with E-state index < -0.39 is 0 Å². The van der Waals surface area contributed by atoms with E-state index in [0.717, 1.165) is 54.0 Å². The molecule has 4 heterocycles. The zero-order valence-electron chi connectivity index (χ0n) is 16.8. The third-order valence-corrected chi connectivity index (χ3v) is 5.64. The van der Waals surface area contributed by atoms with E-state index in [1.807, 2.05) is 65.3 Å². The summed E-state index contributed by atoms with van der Waals surface area (Å²) < 4.78 is 1.92. The molecule has 5 rings (SSSR count). The van der Waals surface area contributed by atoms with E-state index in [9.17, 15) is 4.79 Å². The number of carbonyl (C=O) groups excluding carboxylic acids is 1. The van der Waals surface area contributed by atoms with Crippen LogP contribution in [0.4, 0.5) is 0 Å². The Kier molecular flexibility index (Phi) is 4.71. The normalized spacial score (nSPS) is 16.3. The van der Waals surface area contributed by atoms with Gasteiger partial charge in [-0.1, -0.05) is 24.3 Å². The summed E-state index contributed by atoms with van der Waals surface area (Å²) in [7, 11) is 1.94. The molecule has 150 valence electrons. The molecule has 0 radical (unpaired) electrons. The molecule has 0 aliphatic carbocycles. The van der Waals surface area contributed by atoms with E-state index in [4.69, 9.17) is 0 Å². The van der Waals surface area contributed by atoms with Crippen LogP contribution in [0.25, 0.3) is 22.4 Å². The van der Waals surface area contributed by atoms with Crippen molar-refractivity contribution >= 4 is 16.8 Å². The Bertz CT molecular complexity index is 1200. The number of rotatable bonds is 4. The molecule has 1 aliphatic heterocycles. The van der Waals surface area contributed by atoms with Crippen molar-refractivity contribution in [1.29, 1.82) is 0 Å². The van der Waals surface area contributed by atoms with Crippen LogP contribution in [0.15, 0.2) is 61.2 Å². The highest BCUT2D eigenvalue weighted by Gasteiger charge is 2.28. The maximum Gasteiger partial charge on any atom is 0.272 e. The van der Waals surface area contributed by atoms with Gasteiger partial charge < -0.3 is 9.47 Å². The summed E-state index contributed by atoms with van der Waals surface area (Å²) in [5, 5.41) is 1.04. The molecule has 1 atom stereocenters. The third kappa shape index (κ3) is 3.54. The van der Waals surface area contributed by atoms with Gasteiger partial charge >= 0.3 is 0 Å². The van der Waals surface area contributed by atoms with Gasteiger partial charge in [-0.2, -0.15) is 0 Å². The number of amides is 1. The second kappa shape index (κ2) is 7.67. The lowest BCUT2D eigenvalue weighted by Gasteiger charge is -2.16. The minimum Gasteiger partial charge on any atom is -0.337 e. The number of nitrogens with zero attached hydrogens (tertiary/aromatic N) is 6. The minimum atomic E-state index is -0.000493. The first-order valence-corrected chi connectivity index (χ1v) is 10.1. The molecule has 1 amide bonds. The van der Waals surface area contributed by atoms with Crippen molar-refractivity contribution in [2.75, 3.05) is 13.1 Å². The highest BCUT2D eigenvalue weighted by Crippen LogP contribution is 2.23. The lowest BCUT2D eigenvalue weighted by molar-refractivity contribution is 0.0781. The first-order chi connectivity index (χ1) is 14.7. The van der Waals surface area contributed by atoms with E-state index in [2.05, 4.69) is 19.9 Å². The number of pyridine rings is 1. The summed E-state index contributed by atoms with van der Waals surface area (Å²) in [6, 6.07) is 11.6. The molecule has 0 spiro atoms. The van der Waals surface area contributed by atoms with Crippen molar-refractivity contribution in [1.82, 2.24) is 29.4 Å². The Labute approximate surface area is 174 Å². The molecule has 3 aromatic heterocycles.